The molecule has 6 nitrogen and oxygen atoms in total. The summed E-state index contributed by atoms with van der Waals surface area (Å²) in [6.07, 6.45) is 5.96. The quantitative estimate of drug-likeness (QED) is 0.728. The summed E-state index contributed by atoms with van der Waals surface area (Å²) >= 11 is 0. The third-order valence-electron chi connectivity index (χ3n) is 4.45. The molecule has 118 valence electrons. The SMILES string of the molecule is Cc1cc(N2CCC(C)CC2)n2nc(-c3cccnc3)nc2n1. The Morgan fingerprint density at radius 1 is 1.17 bits per heavy atom. The lowest BCUT2D eigenvalue weighted by Crippen LogP contribution is -2.34. The highest BCUT2D eigenvalue weighted by molar-refractivity contribution is 5.57. The van der Waals surface area contributed by atoms with Crippen LogP contribution in [0, 0.1) is 12.8 Å². The first-order chi connectivity index (χ1) is 11.2. The normalized spacial score (nSPS) is 16.2. The van der Waals surface area contributed by atoms with Gasteiger partial charge in [0.1, 0.15) is 5.82 Å². The number of rotatable bonds is 2. The molecule has 3 aromatic heterocycles. The van der Waals surface area contributed by atoms with E-state index in [1.54, 1.807) is 12.4 Å². The van der Waals surface area contributed by atoms with Crippen molar-refractivity contribution in [1.82, 2.24) is 24.6 Å². The summed E-state index contributed by atoms with van der Waals surface area (Å²) in [4.78, 5) is 15.7. The summed E-state index contributed by atoms with van der Waals surface area (Å²) in [6, 6.07) is 5.97. The predicted octanol–water partition coefficient (Wildman–Crippen LogP) is 2.73. The number of aromatic nitrogens is 5. The minimum Gasteiger partial charge on any atom is -0.356 e. The minimum absolute atomic E-state index is 0.650. The second kappa shape index (κ2) is 5.61. The van der Waals surface area contributed by atoms with Crippen LogP contribution in [0.15, 0.2) is 30.6 Å². The van der Waals surface area contributed by atoms with Gasteiger partial charge in [-0.3, -0.25) is 4.98 Å². The van der Waals surface area contributed by atoms with Crippen molar-refractivity contribution in [3.8, 4) is 11.4 Å². The lowest BCUT2D eigenvalue weighted by Gasteiger charge is -2.31. The molecule has 0 aromatic carbocycles. The van der Waals surface area contributed by atoms with E-state index in [0.717, 1.165) is 36.1 Å². The number of hydrogen-bond acceptors (Lipinski definition) is 5. The number of nitrogens with zero attached hydrogens (tertiary/aromatic N) is 6. The van der Waals surface area contributed by atoms with Gasteiger partial charge < -0.3 is 4.90 Å². The molecule has 0 bridgehead atoms. The van der Waals surface area contributed by atoms with Crippen molar-refractivity contribution in [1.29, 1.82) is 0 Å². The summed E-state index contributed by atoms with van der Waals surface area (Å²) in [5.74, 6) is 3.20. The van der Waals surface area contributed by atoms with Gasteiger partial charge in [-0.15, -0.1) is 5.10 Å². The molecule has 0 N–H and O–H groups in total. The molecule has 6 heteroatoms. The van der Waals surface area contributed by atoms with E-state index in [4.69, 9.17) is 0 Å². The summed E-state index contributed by atoms with van der Waals surface area (Å²) in [5, 5.41) is 4.68. The first-order valence-corrected chi connectivity index (χ1v) is 8.10. The van der Waals surface area contributed by atoms with Gasteiger partial charge in [-0.25, -0.2) is 4.98 Å². The van der Waals surface area contributed by atoms with E-state index in [9.17, 15) is 0 Å². The Kier molecular flexibility index (Phi) is 3.44. The molecule has 23 heavy (non-hydrogen) atoms. The van der Waals surface area contributed by atoms with Crippen LogP contribution in [0.1, 0.15) is 25.5 Å². The molecule has 1 aliphatic heterocycles. The van der Waals surface area contributed by atoms with Crippen molar-refractivity contribution in [3.63, 3.8) is 0 Å². The number of fused-ring (bicyclic) bond motifs is 1. The Hall–Kier alpha value is -2.50. The standard InChI is InChI=1S/C17H20N6/c1-12-5-8-22(9-6-12)15-10-13(2)19-17-20-16(21-23(15)17)14-4-3-7-18-11-14/h3-4,7,10-12H,5-6,8-9H2,1-2H3. The van der Waals surface area contributed by atoms with Crippen molar-refractivity contribution in [3.05, 3.63) is 36.3 Å². The summed E-state index contributed by atoms with van der Waals surface area (Å²) in [7, 11) is 0. The zero-order valence-electron chi connectivity index (χ0n) is 13.5. The van der Waals surface area contributed by atoms with Crippen LogP contribution in [0.25, 0.3) is 17.2 Å². The zero-order chi connectivity index (χ0) is 15.8. The third-order valence-corrected chi connectivity index (χ3v) is 4.45. The summed E-state index contributed by atoms with van der Waals surface area (Å²) in [5.41, 5.74) is 1.88. The predicted molar refractivity (Wildman–Crippen MR) is 89.4 cm³/mol. The number of aryl methyl sites for hydroxylation is 1. The maximum Gasteiger partial charge on any atom is 0.254 e. The van der Waals surface area contributed by atoms with E-state index in [0.29, 0.717) is 11.6 Å². The molecule has 0 radical (unpaired) electrons. The molecule has 3 aromatic rings. The smallest absolute Gasteiger partial charge is 0.254 e. The van der Waals surface area contributed by atoms with Crippen LogP contribution < -0.4 is 4.90 Å². The third kappa shape index (κ3) is 2.65. The van der Waals surface area contributed by atoms with E-state index in [1.807, 2.05) is 23.6 Å². The van der Waals surface area contributed by atoms with Crippen molar-refractivity contribution in [2.24, 2.45) is 5.92 Å². The Balaban J connectivity index is 1.80. The van der Waals surface area contributed by atoms with Gasteiger partial charge in [-0.1, -0.05) is 6.92 Å². The first kappa shape index (κ1) is 14.1. The van der Waals surface area contributed by atoms with Crippen molar-refractivity contribution in [2.75, 3.05) is 18.0 Å². The maximum absolute atomic E-state index is 4.68. The fraction of sp³-hybridized carbons (Fsp3) is 0.412. The van der Waals surface area contributed by atoms with E-state index in [1.165, 1.54) is 12.8 Å². The van der Waals surface area contributed by atoms with Crippen LogP contribution in [0.4, 0.5) is 5.82 Å². The van der Waals surface area contributed by atoms with Crippen molar-refractivity contribution < 1.29 is 0 Å². The van der Waals surface area contributed by atoms with Gasteiger partial charge in [0.05, 0.1) is 0 Å². The molecule has 4 rings (SSSR count). The lowest BCUT2D eigenvalue weighted by molar-refractivity contribution is 0.435. The number of piperidine rings is 1. The number of anilines is 1. The van der Waals surface area contributed by atoms with Gasteiger partial charge in [0.2, 0.25) is 0 Å². The summed E-state index contributed by atoms with van der Waals surface area (Å²) < 4.78 is 1.87. The molecule has 4 heterocycles. The van der Waals surface area contributed by atoms with Crippen LogP contribution >= 0.6 is 0 Å². The fourth-order valence-corrected chi connectivity index (χ4v) is 3.05. The Morgan fingerprint density at radius 2 is 2.00 bits per heavy atom. The summed E-state index contributed by atoms with van der Waals surface area (Å²) in [6.45, 7) is 6.44. The highest BCUT2D eigenvalue weighted by atomic mass is 15.4. The molecule has 1 fully saturated rings. The molecule has 1 saturated heterocycles. The zero-order valence-corrected chi connectivity index (χ0v) is 13.5. The molecule has 1 aliphatic rings. The largest absolute Gasteiger partial charge is 0.356 e. The Bertz CT molecular complexity index is 818. The van der Waals surface area contributed by atoms with Gasteiger partial charge in [-0.2, -0.15) is 9.50 Å². The van der Waals surface area contributed by atoms with Crippen LogP contribution in [-0.2, 0) is 0 Å². The monoisotopic (exact) mass is 308 g/mol. The topological polar surface area (TPSA) is 59.2 Å². The van der Waals surface area contributed by atoms with E-state index in [2.05, 4.69) is 37.9 Å². The molecule has 0 spiro atoms. The minimum atomic E-state index is 0.650. The molecule has 0 unspecified atom stereocenters. The number of pyridine rings is 1. The second-order valence-electron chi connectivity index (χ2n) is 6.31. The van der Waals surface area contributed by atoms with Crippen molar-refractivity contribution in [2.45, 2.75) is 26.7 Å². The Labute approximate surface area is 135 Å². The van der Waals surface area contributed by atoms with Gasteiger partial charge >= 0.3 is 0 Å². The molecule has 0 atom stereocenters. The van der Waals surface area contributed by atoms with E-state index < -0.39 is 0 Å². The van der Waals surface area contributed by atoms with Gasteiger partial charge in [0.25, 0.3) is 5.78 Å². The highest BCUT2D eigenvalue weighted by Crippen LogP contribution is 2.25. The van der Waals surface area contributed by atoms with Gasteiger partial charge in [0.15, 0.2) is 5.82 Å². The molecular weight excluding hydrogens is 288 g/mol. The fourth-order valence-electron chi connectivity index (χ4n) is 3.05. The highest BCUT2D eigenvalue weighted by Gasteiger charge is 2.20. The van der Waals surface area contributed by atoms with Gasteiger partial charge in [0, 0.05) is 42.8 Å². The van der Waals surface area contributed by atoms with E-state index in [-0.39, 0.29) is 0 Å². The lowest BCUT2D eigenvalue weighted by atomic mass is 9.99. The van der Waals surface area contributed by atoms with Crippen molar-refractivity contribution >= 4 is 11.6 Å². The molecular formula is C17H20N6. The van der Waals surface area contributed by atoms with Crippen LogP contribution in [0.3, 0.4) is 0 Å². The van der Waals surface area contributed by atoms with Crippen LogP contribution in [-0.4, -0.2) is 37.7 Å². The molecule has 0 aliphatic carbocycles. The van der Waals surface area contributed by atoms with Crippen LogP contribution in [0.2, 0.25) is 0 Å². The first-order valence-electron chi connectivity index (χ1n) is 8.10. The number of hydrogen-bond donors (Lipinski definition) is 0. The maximum atomic E-state index is 4.68. The Morgan fingerprint density at radius 3 is 2.74 bits per heavy atom. The average molecular weight is 308 g/mol. The van der Waals surface area contributed by atoms with Gasteiger partial charge in [-0.05, 0) is 37.8 Å². The average Bonchev–Trinajstić information content (AvgIpc) is 2.99. The molecule has 0 saturated carbocycles. The second-order valence-corrected chi connectivity index (χ2v) is 6.31. The van der Waals surface area contributed by atoms with Crippen LogP contribution in [0.5, 0.6) is 0 Å². The molecule has 0 amide bonds. The van der Waals surface area contributed by atoms with E-state index >= 15 is 0 Å².